The second kappa shape index (κ2) is 10.8. The van der Waals surface area contributed by atoms with Gasteiger partial charge >= 0.3 is 11.8 Å². The number of rotatable bonds is 6. The van der Waals surface area contributed by atoms with Crippen LogP contribution >= 0.6 is 34.8 Å². The van der Waals surface area contributed by atoms with Gasteiger partial charge in [0.15, 0.2) is 0 Å². The number of carbonyl (C=O) groups is 2. The molecule has 0 aliphatic carbocycles. The number of anilines is 1. The molecule has 0 fully saturated rings. The lowest BCUT2D eigenvalue weighted by molar-refractivity contribution is -0.136. The molecule has 2 amide bonds. The van der Waals surface area contributed by atoms with E-state index >= 15 is 0 Å². The molecule has 0 atom stereocenters. The van der Waals surface area contributed by atoms with Crippen molar-refractivity contribution in [2.24, 2.45) is 5.10 Å². The highest BCUT2D eigenvalue weighted by molar-refractivity contribution is 6.42. The Hall–Kier alpha value is -3.06. The van der Waals surface area contributed by atoms with E-state index in [1.165, 1.54) is 18.3 Å². The van der Waals surface area contributed by atoms with E-state index in [0.29, 0.717) is 28.0 Å². The minimum absolute atomic E-state index is 0.227. The van der Waals surface area contributed by atoms with E-state index in [1.807, 2.05) is 18.2 Å². The molecule has 0 unspecified atom stereocenters. The normalized spacial score (nSPS) is 10.7. The average molecular weight is 477 g/mol. The zero-order valence-electron chi connectivity index (χ0n) is 15.9. The van der Waals surface area contributed by atoms with Crippen molar-refractivity contribution < 1.29 is 14.3 Å². The van der Waals surface area contributed by atoms with Crippen molar-refractivity contribution in [1.82, 2.24) is 5.43 Å². The van der Waals surface area contributed by atoms with Gasteiger partial charge in [-0.3, -0.25) is 9.59 Å². The molecule has 0 saturated heterocycles. The number of halogens is 3. The number of hydrogen-bond donors (Lipinski definition) is 2. The SMILES string of the molecule is O=C(N/N=C/c1ccc(OCc2ccccc2Cl)cc1)C(=O)Nc1cc(Cl)ccc1Cl. The Labute approximate surface area is 193 Å². The Bertz CT molecular complexity index is 1120. The molecule has 3 aromatic rings. The summed E-state index contributed by atoms with van der Waals surface area (Å²) in [5.74, 6) is -1.23. The van der Waals surface area contributed by atoms with Crippen LogP contribution in [0.15, 0.2) is 71.8 Å². The Morgan fingerprint density at radius 1 is 0.903 bits per heavy atom. The third-order valence-electron chi connectivity index (χ3n) is 3.99. The van der Waals surface area contributed by atoms with Crippen molar-refractivity contribution in [3.63, 3.8) is 0 Å². The van der Waals surface area contributed by atoms with Crippen LogP contribution in [-0.4, -0.2) is 18.0 Å². The Balaban J connectivity index is 1.50. The number of hydrazone groups is 1. The van der Waals surface area contributed by atoms with Gasteiger partial charge in [-0.2, -0.15) is 5.10 Å². The van der Waals surface area contributed by atoms with Gasteiger partial charge in [0.25, 0.3) is 0 Å². The molecule has 0 saturated carbocycles. The highest BCUT2D eigenvalue weighted by Gasteiger charge is 2.14. The minimum atomic E-state index is -0.952. The average Bonchev–Trinajstić information content (AvgIpc) is 2.76. The van der Waals surface area contributed by atoms with Crippen molar-refractivity contribution in [2.45, 2.75) is 6.61 Å². The number of nitrogens with zero attached hydrogens (tertiary/aromatic N) is 1. The molecule has 0 heterocycles. The lowest BCUT2D eigenvalue weighted by Gasteiger charge is -2.08. The molecule has 0 aliphatic heterocycles. The number of benzene rings is 3. The topological polar surface area (TPSA) is 79.8 Å². The van der Waals surface area contributed by atoms with Crippen molar-refractivity contribution in [2.75, 3.05) is 5.32 Å². The molecule has 3 rings (SSSR count). The maximum absolute atomic E-state index is 12.0. The predicted octanol–water partition coefficient (Wildman–Crippen LogP) is 5.31. The van der Waals surface area contributed by atoms with Crippen LogP contribution in [0.1, 0.15) is 11.1 Å². The first kappa shape index (κ1) is 22.6. The fourth-order valence-electron chi connectivity index (χ4n) is 2.42. The Kier molecular flexibility index (Phi) is 7.89. The van der Waals surface area contributed by atoms with Crippen LogP contribution in [-0.2, 0) is 16.2 Å². The molecule has 0 spiro atoms. The van der Waals surface area contributed by atoms with Crippen molar-refractivity contribution >= 4 is 58.5 Å². The van der Waals surface area contributed by atoms with Gasteiger partial charge in [0.1, 0.15) is 12.4 Å². The molecule has 0 aliphatic rings. The van der Waals surface area contributed by atoms with Gasteiger partial charge in [-0.15, -0.1) is 0 Å². The largest absolute Gasteiger partial charge is 0.489 e. The second-order valence-electron chi connectivity index (χ2n) is 6.23. The molecule has 6 nitrogen and oxygen atoms in total. The summed E-state index contributed by atoms with van der Waals surface area (Å²) >= 11 is 17.9. The van der Waals surface area contributed by atoms with Crippen molar-refractivity contribution in [3.05, 3.63) is 92.9 Å². The summed E-state index contributed by atoms with van der Waals surface area (Å²) in [6.45, 7) is 0.342. The maximum atomic E-state index is 12.0. The van der Waals surface area contributed by atoms with E-state index in [9.17, 15) is 9.59 Å². The summed E-state index contributed by atoms with van der Waals surface area (Å²) in [5.41, 5.74) is 3.96. The van der Waals surface area contributed by atoms with Gasteiger partial charge in [0.05, 0.1) is 16.9 Å². The van der Waals surface area contributed by atoms with Crippen molar-refractivity contribution in [1.29, 1.82) is 0 Å². The molecule has 31 heavy (non-hydrogen) atoms. The summed E-state index contributed by atoms with van der Waals surface area (Å²) in [4.78, 5) is 23.8. The first-order valence-corrected chi connectivity index (χ1v) is 10.1. The monoisotopic (exact) mass is 475 g/mol. The van der Waals surface area contributed by atoms with Crippen LogP contribution in [0.25, 0.3) is 0 Å². The predicted molar refractivity (Wildman–Crippen MR) is 123 cm³/mol. The second-order valence-corrected chi connectivity index (χ2v) is 7.48. The summed E-state index contributed by atoms with van der Waals surface area (Å²) in [5, 5.41) is 7.42. The number of nitrogens with one attached hydrogen (secondary N) is 2. The van der Waals surface area contributed by atoms with Crippen LogP contribution in [0.2, 0.25) is 15.1 Å². The molecular formula is C22H16Cl3N3O3. The number of amides is 2. The van der Waals surface area contributed by atoms with E-state index in [-0.39, 0.29) is 10.7 Å². The molecule has 0 aromatic heterocycles. The van der Waals surface area contributed by atoms with Gasteiger partial charge in [0, 0.05) is 15.6 Å². The van der Waals surface area contributed by atoms with E-state index in [0.717, 1.165) is 5.56 Å². The summed E-state index contributed by atoms with van der Waals surface area (Å²) in [6, 6.07) is 19.0. The fraction of sp³-hybridized carbons (Fsp3) is 0.0455. The zero-order chi connectivity index (χ0) is 22.2. The third kappa shape index (κ3) is 6.72. The van der Waals surface area contributed by atoms with Crippen LogP contribution in [0.5, 0.6) is 5.75 Å². The maximum Gasteiger partial charge on any atom is 0.329 e. The standard InChI is InChI=1S/C22H16Cl3N3O3/c23-16-7-10-19(25)20(11-16)27-21(29)22(30)28-26-12-14-5-8-17(9-6-14)31-13-15-3-1-2-4-18(15)24/h1-12H,13H2,(H,27,29)(H,28,30)/b26-12+. The van der Waals surface area contributed by atoms with Crippen molar-refractivity contribution in [3.8, 4) is 5.75 Å². The van der Waals surface area contributed by atoms with Crippen LogP contribution < -0.4 is 15.5 Å². The Morgan fingerprint density at radius 2 is 1.65 bits per heavy atom. The molecule has 0 bridgehead atoms. The van der Waals surface area contributed by atoms with Gasteiger partial charge in [-0.05, 0) is 54.1 Å². The smallest absolute Gasteiger partial charge is 0.329 e. The van der Waals surface area contributed by atoms with Gasteiger partial charge < -0.3 is 10.1 Å². The summed E-state index contributed by atoms with van der Waals surface area (Å²) in [7, 11) is 0. The Morgan fingerprint density at radius 3 is 2.39 bits per heavy atom. The molecule has 9 heteroatoms. The summed E-state index contributed by atoms with van der Waals surface area (Å²) in [6.07, 6.45) is 1.40. The molecule has 3 aromatic carbocycles. The first-order chi connectivity index (χ1) is 14.9. The minimum Gasteiger partial charge on any atom is -0.489 e. The number of hydrogen-bond acceptors (Lipinski definition) is 4. The summed E-state index contributed by atoms with van der Waals surface area (Å²) < 4.78 is 5.70. The van der Waals surface area contributed by atoms with Gasteiger partial charge in [-0.1, -0.05) is 53.0 Å². The van der Waals surface area contributed by atoms with Crippen LogP contribution in [0, 0.1) is 0 Å². The van der Waals surface area contributed by atoms with E-state index in [1.54, 1.807) is 36.4 Å². The zero-order valence-corrected chi connectivity index (χ0v) is 18.2. The lowest BCUT2D eigenvalue weighted by atomic mass is 10.2. The van der Waals surface area contributed by atoms with Gasteiger partial charge in [0.2, 0.25) is 0 Å². The quantitative estimate of drug-likeness (QED) is 0.287. The highest BCUT2D eigenvalue weighted by atomic mass is 35.5. The van der Waals surface area contributed by atoms with Crippen LogP contribution in [0.4, 0.5) is 5.69 Å². The third-order valence-corrected chi connectivity index (χ3v) is 4.93. The van der Waals surface area contributed by atoms with E-state index in [4.69, 9.17) is 39.5 Å². The molecule has 158 valence electrons. The number of ether oxygens (including phenoxy) is 1. The van der Waals surface area contributed by atoms with Crippen LogP contribution in [0.3, 0.4) is 0 Å². The molecular weight excluding hydrogens is 461 g/mol. The van der Waals surface area contributed by atoms with Gasteiger partial charge in [-0.25, -0.2) is 5.43 Å². The highest BCUT2D eigenvalue weighted by Crippen LogP contribution is 2.25. The lowest BCUT2D eigenvalue weighted by Crippen LogP contribution is -2.32. The molecule has 2 N–H and O–H groups in total. The number of carbonyl (C=O) groups excluding carboxylic acids is 2. The van der Waals surface area contributed by atoms with E-state index in [2.05, 4.69) is 15.8 Å². The van der Waals surface area contributed by atoms with E-state index < -0.39 is 11.8 Å². The first-order valence-electron chi connectivity index (χ1n) is 8.98. The fourth-order valence-corrected chi connectivity index (χ4v) is 2.94. The molecule has 0 radical (unpaired) electrons.